The van der Waals surface area contributed by atoms with E-state index >= 15 is 0 Å². The lowest BCUT2D eigenvalue weighted by Gasteiger charge is -2.28. The summed E-state index contributed by atoms with van der Waals surface area (Å²) in [4.78, 5) is 14.0. The van der Waals surface area contributed by atoms with Crippen molar-refractivity contribution in [3.8, 4) is 5.75 Å². The average molecular weight is 263 g/mol. The van der Waals surface area contributed by atoms with E-state index < -0.39 is 0 Å². The van der Waals surface area contributed by atoms with E-state index in [4.69, 9.17) is 9.47 Å². The molecule has 0 saturated carbocycles. The Morgan fingerprint density at radius 2 is 1.95 bits per heavy atom. The van der Waals surface area contributed by atoms with Gasteiger partial charge < -0.3 is 14.4 Å². The monoisotopic (exact) mass is 263 g/mol. The lowest BCUT2D eigenvalue weighted by Crippen LogP contribution is -2.41. The Balaban J connectivity index is 1.91. The molecule has 104 valence electrons. The van der Waals surface area contributed by atoms with E-state index in [1.54, 1.807) is 7.11 Å². The Morgan fingerprint density at radius 1 is 1.32 bits per heavy atom. The van der Waals surface area contributed by atoms with Crippen LogP contribution in [0.15, 0.2) is 24.3 Å². The molecule has 0 N–H and O–H groups in total. The van der Waals surface area contributed by atoms with Crippen molar-refractivity contribution in [2.24, 2.45) is 0 Å². The predicted octanol–water partition coefficient (Wildman–Crippen LogP) is 2.05. The van der Waals surface area contributed by atoms with Crippen LogP contribution in [-0.4, -0.2) is 44.2 Å². The molecule has 0 aromatic heterocycles. The van der Waals surface area contributed by atoms with Gasteiger partial charge in [-0.15, -0.1) is 0 Å². The van der Waals surface area contributed by atoms with Crippen molar-refractivity contribution in [2.45, 2.75) is 19.3 Å². The van der Waals surface area contributed by atoms with E-state index in [-0.39, 0.29) is 11.8 Å². The molecule has 2 rings (SSSR count). The molecule has 4 heteroatoms. The molecule has 0 spiro atoms. The van der Waals surface area contributed by atoms with E-state index in [1.165, 1.54) is 5.56 Å². The van der Waals surface area contributed by atoms with Gasteiger partial charge in [-0.1, -0.05) is 19.1 Å². The van der Waals surface area contributed by atoms with Crippen molar-refractivity contribution in [1.82, 2.24) is 4.90 Å². The Morgan fingerprint density at radius 3 is 2.53 bits per heavy atom. The summed E-state index contributed by atoms with van der Waals surface area (Å²) in [6.07, 6.45) is 0.548. The molecule has 1 aromatic carbocycles. The molecular weight excluding hydrogens is 242 g/mol. The third-order valence-corrected chi connectivity index (χ3v) is 3.53. The van der Waals surface area contributed by atoms with Crippen molar-refractivity contribution in [3.63, 3.8) is 0 Å². The van der Waals surface area contributed by atoms with Crippen LogP contribution in [0.25, 0.3) is 0 Å². The second-order valence-corrected chi connectivity index (χ2v) is 4.87. The van der Waals surface area contributed by atoms with Gasteiger partial charge in [0.25, 0.3) is 0 Å². The minimum absolute atomic E-state index is 0.214. The predicted molar refractivity (Wildman–Crippen MR) is 73.4 cm³/mol. The van der Waals surface area contributed by atoms with Crippen LogP contribution >= 0.6 is 0 Å². The zero-order chi connectivity index (χ0) is 13.7. The van der Waals surface area contributed by atoms with Crippen LogP contribution in [0.3, 0.4) is 0 Å². The van der Waals surface area contributed by atoms with Crippen LogP contribution in [-0.2, 0) is 9.53 Å². The number of methoxy groups -OCH3 is 1. The molecule has 1 saturated heterocycles. The third kappa shape index (κ3) is 3.70. The number of carbonyl (C=O) groups excluding carboxylic acids is 1. The van der Waals surface area contributed by atoms with Crippen LogP contribution in [0, 0.1) is 0 Å². The van der Waals surface area contributed by atoms with Gasteiger partial charge in [0.2, 0.25) is 5.91 Å². The second kappa shape index (κ2) is 6.57. The van der Waals surface area contributed by atoms with E-state index in [0.717, 1.165) is 5.75 Å². The minimum atomic E-state index is 0.214. The van der Waals surface area contributed by atoms with Crippen molar-refractivity contribution >= 4 is 5.91 Å². The first-order chi connectivity index (χ1) is 9.20. The Hall–Kier alpha value is -1.55. The molecule has 0 radical (unpaired) electrons. The summed E-state index contributed by atoms with van der Waals surface area (Å²) < 4.78 is 10.4. The smallest absolute Gasteiger partial charge is 0.223 e. The molecule has 1 unspecified atom stereocenters. The van der Waals surface area contributed by atoms with Gasteiger partial charge in [0.15, 0.2) is 0 Å². The molecule has 1 fully saturated rings. The highest BCUT2D eigenvalue weighted by molar-refractivity contribution is 5.77. The van der Waals surface area contributed by atoms with Crippen molar-refractivity contribution in [1.29, 1.82) is 0 Å². The Kier molecular flexibility index (Phi) is 4.80. The van der Waals surface area contributed by atoms with Crippen molar-refractivity contribution < 1.29 is 14.3 Å². The number of amides is 1. The first-order valence-corrected chi connectivity index (χ1v) is 6.70. The molecule has 1 aliphatic rings. The van der Waals surface area contributed by atoms with Crippen molar-refractivity contribution in [2.75, 3.05) is 33.4 Å². The molecule has 1 aliphatic heterocycles. The SMILES string of the molecule is COc1ccc(C(C)CC(=O)N2CCOCC2)cc1. The molecule has 1 amide bonds. The number of carbonyl (C=O) groups is 1. The lowest BCUT2D eigenvalue weighted by atomic mass is 9.97. The Labute approximate surface area is 114 Å². The average Bonchev–Trinajstić information content (AvgIpc) is 2.48. The molecule has 4 nitrogen and oxygen atoms in total. The van der Waals surface area contributed by atoms with Crippen LogP contribution < -0.4 is 4.74 Å². The quantitative estimate of drug-likeness (QED) is 0.834. The lowest BCUT2D eigenvalue weighted by molar-refractivity contribution is -0.135. The van der Waals surface area contributed by atoms with Gasteiger partial charge >= 0.3 is 0 Å². The number of hydrogen-bond donors (Lipinski definition) is 0. The summed E-state index contributed by atoms with van der Waals surface area (Å²) in [6.45, 7) is 4.83. The maximum Gasteiger partial charge on any atom is 0.223 e. The summed E-state index contributed by atoms with van der Waals surface area (Å²) in [6, 6.07) is 7.92. The van der Waals surface area contributed by atoms with Gasteiger partial charge in [0.1, 0.15) is 5.75 Å². The fourth-order valence-corrected chi connectivity index (χ4v) is 2.25. The first kappa shape index (κ1) is 13.9. The topological polar surface area (TPSA) is 38.8 Å². The number of benzene rings is 1. The van der Waals surface area contributed by atoms with E-state index in [1.807, 2.05) is 29.2 Å². The molecule has 1 heterocycles. The largest absolute Gasteiger partial charge is 0.497 e. The highest BCUT2D eigenvalue weighted by atomic mass is 16.5. The van der Waals surface area contributed by atoms with Crippen LogP contribution in [0.4, 0.5) is 0 Å². The summed E-state index contributed by atoms with van der Waals surface area (Å²) in [5, 5.41) is 0. The third-order valence-electron chi connectivity index (χ3n) is 3.53. The molecule has 1 aromatic rings. The molecular formula is C15H21NO3. The van der Waals surface area contributed by atoms with Crippen LogP contribution in [0.5, 0.6) is 5.75 Å². The summed E-state index contributed by atoms with van der Waals surface area (Å²) in [5.74, 6) is 1.28. The van der Waals surface area contributed by atoms with Gasteiger partial charge in [-0.2, -0.15) is 0 Å². The van der Waals surface area contributed by atoms with Gasteiger partial charge in [-0.05, 0) is 23.6 Å². The maximum absolute atomic E-state index is 12.2. The zero-order valence-electron chi connectivity index (χ0n) is 11.6. The minimum Gasteiger partial charge on any atom is -0.497 e. The van der Waals surface area contributed by atoms with Gasteiger partial charge in [0.05, 0.1) is 20.3 Å². The van der Waals surface area contributed by atoms with Crippen molar-refractivity contribution in [3.05, 3.63) is 29.8 Å². The highest BCUT2D eigenvalue weighted by Crippen LogP contribution is 2.22. The number of hydrogen-bond acceptors (Lipinski definition) is 3. The van der Waals surface area contributed by atoms with Crippen LogP contribution in [0.2, 0.25) is 0 Å². The molecule has 1 atom stereocenters. The molecule has 0 bridgehead atoms. The number of nitrogens with zero attached hydrogens (tertiary/aromatic N) is 1. The Bertz CT molecular complexity index is 410. The molecule has 0 aliphatic carbocycles. The van der Waals surface area contributed by atoms with E-state index in [2.05, 4.69) is 6.92 Å². The summed E-state index contributed by atoms with van der Waals surface area (Å²) in [5.41, 5.74) is 1.17. The summed E-state index contributed by atoms with van der Waals surface area (Å²) >= 11 is 0. The fraction of sp³-hybridized carbons (Fsp3) is 0.533. The van der Waals surface area contributed by atoms with Gasteiger partial charge in [-0.3, -0.25) is 4.79 Å². The standard InChI is InChI=1S/C15H21NO3/c1-12(13-3-5-14(18-2)6-4-13)11-15(17)16-7-9-19-10-8-16/h3-6,12H,7-11H2,1-2H3. The first-order valence-electron chi connectivity index (χ1n) is 6.70. The normalized spacial score (nSPS) is 17.1. The van der Waals surface area contributed by atoms with E-state index in [0.29, 0.717) is 32.7 Å². The number of ether oxygens (including phenoxy) is 2. The summed E-state index contributed by atoms with van der Waals surface area (Å²) in [7, 11) is 1.65. The number of morpholine rings is 1. The zero-order valence-corrected chi connectivity index (χ0v) is 11.6. The van der Waals surface area contributed by atoms with Crippen LogP contribution in [0.1, 0.15) is 24.8 Å². The fourth-order valence-electron chi connectivity index (χ4n) is 2.25. The second-order valence-electron chi connectivity index (χ2n) is 4.87. The highest BCUT2D eigenvalue weighted by Gasteiger charge is 2.19. The maximum atomic E-state index is 12.2. The van der Waals surface area contributed by atoms with E-state index in [9.17, 15) is 4.79 Å². The van der Waals surface area contributed by atoms with Gasteiger partial charge in [-0.25, -0.2) is 0 Å². The number of rotatable bonds is 4. The molecule has 19 heavy (non-hydrogen) atoms. The van der Waals surface area contributed by atoms with Gasteiger partial charge in [0, 0.05) is 19.5 Å².